The van der Waals surface area contributed by atoms with Crippen LogP contribution < -0.4 is 5.32 Å². The van der Waals surface area contributed by atoms with Gasteiger partial charge in [0.15, 0.2) is 11.8 Å². The number of hydrogen-bond donors (Lipinski definition) is 1. The van der Waals surface area contributed by atoms with Crippen LogP contribution in [0.4, 0.5) is 0 Å². The first-order chi connectivity index (χ1) is 14.2. The maximum absolute atomic E-state index is 4.97. The molecule has 1 aromatic heterocycles. The number of nitrogens with zero attached hydrogens (tertiary/aromatic N) is 5. The standard InChI is InChI=1S/C22H32N6S.HI/c1-17-25-26-21(27(17)2)14-23-22(24-19-8-6-7-9-19)28-13-12-18(15-28)16-29-20-10-4-3-5-11-20;/h3-5,10-11,18-19H,6-9,12-16H2,1-2H3,(H,23,24);1H. The zero-order valence-electron chi connectivity index (χ0n) is 18.0. The molecule has 2 fully saturated rings. The van der Waals surface area contributed by atoms with Crippen molar-refractivity contribution in [2.45, 2.75) is 56.5 Å². The van der Waals surface area contributed by atoms with Gasteiger partial charge < -0.3 is 14.8 Å². The molecule has 4 rings (SSSR count). The van der Waals surface area contributed by atoms with E-state index in [-0.39, 0.29) is 24.0 Å². The predicted octanol–water partition coefficient (Wildman–Crippen LogP) is 4.24. The summed E-state index contributed by atoms with van der Waals surface area (Å²) < 4.78 is 2.03. The molecule has 2 aromatic rings. The summed E-state index contributed by atoms with van der Waals surface area (Å²) in [6.45, 7) is 4.71. The molecule has 1 saturated carbocycles. The monoisotopic (exact) mass is 540 g/mol. The van der Waals surface area contributed by atoms with Gasteiger partial charge in [-0.3, -0.25) is 0 Å². The molecule has 6 nitrogen and oxygen atoms in total. The Labute approximate surface area is 201 Å². The normalized spacial score (nSPS) is 19.9. The van der Waals surface area contributed by atoms with Crippen LogP contribution in [0.5, 0.6) is 0 Å². The van der Waals surface area contributed by atoms with Crippen molar-refractivity contribution in [1.82, 2.24) is 25.0 Å². The number of aromatic nitrogens is 3. The molecule has 0 bridgehead atoms. The Morgan fingerprint density at radius 2 is 1.93 bits per heavy atom. The van der Waals surface area contributed by atoms with Crippen LogP contribution in [-0.4, -0.2) is 50.5 Å². The molecule has 1 aromatic carbocycles. The van der Waals surface area contributed by atoms with Crippen molar-refractivity contribution < 1.29 is 0 Å². The van der Waals surface area contributed by atoms with Gasteiger partial charge in [0.05, 0.1) is 0 Å². The first-order valence-corrected chi connectivity index (χ1v) is 11.8. The van der Waals surface area contributed by atoms with Gasteiger partial charge in [-0.25, -0.2) is 4.99 Å². The van der Waals surface area contributed by atoms with Gasteiger partial charge in [0.1, 0.15) is 12.4 Å². The molecule has 0 amide bonds. The van der Waals surface area contributed by atoms with Gasteiger partial charge in [0, 0.05) is 36.8 Å². The summed E-state index contributed by atoms with van der Waals surface area (Å²) in [5.41, 5.74) is 0. The molecule has 1 N–H and O–H groups in total. The van der Waals surface area contributed by atoms with Crippen molar-refractivity contribution in [2.75, 3.05) is 18.8 Å². The SMILES string of the molecule is Cc1nnc(CN=C(NC2CCCC2)N2CCC(CSc3ccccc3)C2)n1C.I. The summed E-state index contributed by atoms with van der Waals surface area (Å²) in [5, 5.41) is 12.2. The number of rotatable bonds is 6. The minimum absolute atomic E-state index is 0. The van der Waals surface area contributed by atoms with Crippen molar-refractivity contribution in [1.29, 1.82) is 0 Å². The molecule has 8 heteroatoms. The summed E-state index contributed by atoms with van der Waals surface area (Å²) in [5.74, 6) is 4.78. The fraction of sp³-hybridized carbons (Fsp3) is 0.591. The van der Waals surface area contributed by atoms with E-state index in [0.717, 1.165) is 30.7 Å². The summed E-state index contributed by atoms with van der Waals surface area (Å²) in [6.07, 6.45) is 6.38. The molecule has 2 aliphatic rings. The Hall–Kier alpha value is -1.29. The van der Waals surface area contributed by atoms with E-state index < -0.39 is 0 Å². The van der Waals surface area contributed by atoms with Gasteiger partial charge in [-0.1, -0.05) is 31.0 Å². The van der Waals surface area contributed by atoms with Crippen molar-refractivity contribution in [3.05, 3.63) is 42.0 Å². The Morgan fingerprint density at radius 3 is 2.63 bits per heavy atom. The molecule has 0 spiro atoms. The summed E-state index contributed by atoms with van der Waals surface area (Å²) in [4.78, 5) is 8.79. The summed E-state index contributed by atoms with van der Waals surface area (Å²) >= 11 is 1.97. The fourth-order valence-electron chi connectivity index (χ4n) is 4.12. The lowest BCUT2D eigenvalue weighted by molar-refractivity contribution is 0.455. The van der Waals surface area contributed by atoms with Crippen LogP contribution in [0.1, 0.15) is 43.8 Å². The zero-order valence-corrected chi connectivity index (χ0v) is 21.1. The molecule has 30 heavy (non-hydrogen) atoms. The lowest BCUT2D eigenvalue weighted by Crippen LogP contribution is -2.44. The number of halogens is 1. The number of aliphatic imine (C=N–C) groups is 1. The smallest absolute Gasteiger partial charge is 0.194 e. The molecule has 1 unspecified atom stereocenters. The van der Waals surface area contributed by atoms with E-state index in [2.05, 4.69) is 50.7 Å². The minimum atomic E-state index is 0. The van der Waals surface area contributed by atoms with Crippen LogP contribution >= 0.6 is 35.7 Å². The van der Waals surface area contributed by atoms with E-state index in [1.807, 2.05) is 30.3 Å². The summed E-state index contributed by atoms with van der Waals surface area (Å²) in [7, 11) is 2.01. The summed E-state index contributed by atoms with van der Waals surface area (Å²) in [6, 6.07) is 11.3. The maximum Gasteiger partial charge on any atom is 0.194 e. The topological polar surface area (TPSA) is 58.3 Å². The van der Waals surface area contributed by atoms with Gasteiger partial charge in [-0.15, -0.1) is 45.9 Å². The van der Waals surface area contributed by atoms with E-state index in [0.29, 0.717) is 18.5 Å². The molecule has 2 heterocycles. The number of thioether (sulfide) groups is 1. The van der Waals surface area contributed by atoms with Crippen LogP contribution in [0, 0.1) is 12.8 Å². The number of benzene rings is 1. The molecule has 1 atom stereocenters. The van der Waals surface area contributed by atoms with Crippen molar-refractivity contribution in [3.63, 3.8) is 0 Å². The van der Waals surface area contributed by atoms with E-state index in [1.165, 1.54) is 42.8 Å². The van der Waals surface area contributed by atoms with Gasteiger partial charge >= 0.3 is 0 Å². The van der Waals surface area contributed by atoms with Crippen molar-refractivity contribution in [2.24, 2.45) is 18.0 Å². The molecule has 1 aliphatic heterocycles. The highest BCUT2D eigenvalue weighted by atomic mass is 127. The Balaban J connectivity index is 0.00000256. The van der Waals surface area contributed by atoms with Gasteiger partial charge in [0.2, 0.25) is 0 Å². The number of likely N-dealkylation sites (tertiary alicyclic amines) is 1. The second kappa shape index (κ2) is 11.4. The van der Waals surface area contributed by atoms with Crippen LogP contribution in [0.3, 0.4) is 0 Å². The molecule has 0 radical (unpaired) electrons. The van der Waals surface area contributed by atoms with Gasteiger partial charge in [0.25, 0.3) is 0 Å². The highest BCUT2D eigenvalue weighted by Crippen LogP contribution is 2.26. The second-order valence-electron chi connectivity index (χ2n) is 8.21. The molecular formula is C22H33IN6S. The van der Waals surface area contributed by atoms with E-state index >= 15 is 0 Å². The Morgan fingerprint density at radius 1 is 1.17 bits per heavy atom. The third-order valence-electron chi connectivity index (χ3n) is 6.06. The largest absolute Gasteiger partial charge is 0.353 e. The van der Waals surface area contributed by atoms with Crippen LogP contribution in [0.15, 0.2) is 40.2 Å². The first-order valence-electron chi connectivity index (χ1n) is 10.8. The lowest BCUT2D eigenvalue weighted by atomic mass is 10.2. The number of aryl methyl sites for hydroxylation is 1. The number of hydrogen-bond acceptors (Lipinski definition) is 4. The average molecular weight is 541 g/mol. The zero-order chi connectivity index (χ0) is 20.1. The average Bonchev–Trinajstić information content (AvgIpc) is 3.49. The van der Waals surface area contributed by atoms with Crippen LogP contribution in [0.25, 0.3) is 0 Å². The predicted molar refractivity (Wildman–Crippen MR) is 135 cm³/mol. The quantitative estimate of drug-likeness (QED) is 0.257. The molecule has 164 valence electrons. The number of nitrogens with one attached hydrogen (secondary N) is 1. The van der Waals surface area contributed by atoms with Crippen LogP contribution in [-0.2, 0) is 13.6 Å². The fourth-order valence-corrected chi connectivity index (χ4v) is 5.17. The van der Waals surface area contributed by atoms with E-state index in [4.69, 9.17) is 4.99 Å². The highest BCUT2D eigenvalue weighted by Gasteiger charge is 2.27. The minimum Gasteiger partial charge on any atom is -0.353 e. The maximum atomic E-state index is 4.97. The van der Waals surface area contributed by atoms with Gasteiger partial charge in [-0.2, -0.15) is 0 Å². The Bertz CT molecular complexity index is 818. The van der Waals surface area contributed by atoms with E-state index in [1.54, 1.807) is 0 Å². The molecular weight excluding hydrogens is 507 g/mol. The third-order valence-corrected chi connectivity index (χ3v) is 7.30. The van der Waals surface area contributed by atoms with E-state index in [9.17, 15) is 0 Å². The first kappa shape index (κ1) is 23.4. The number of guanidine groups is 1. The highest BCUT2D eigenvalue weighted by molar-refractivity contribution is 14.0. The second-order valence-corrected chi connectivity index (χ2v) is 9.31. The molecule has 1 aliphatic carbocycles. The van der Waals surface area contributed by atoms with Crippen LogP contribution in [0.2, 0.25) is 0 Å². The van der Waals surface area contributed by atoms with Crippen molar-refractivity contribution >= 4 is 41.7 Å². The molecule has 1 saturated heterocycles. The van der Waals surface area contributed by atoms with Crippen molar-refractivity contribution in [3.8, 4) is 0 Å². The van der Waals surface area contributed by atoms with Gasteiger partial charge in [-0.05, 0) is 44.2 Å². The lowest BCUT2D eigenvalue weighted by Gasteiger charge is -2.25. The third kappa shape index (κ3) is 6.12. The Kier molecular flexibility index (Phi) is 8.85.